The first kappa shape index (κ1) is 23.8. The SMILES string of the molecule is CCOc1ccc(C(=O)N2CCN(c3ccc(OC)cc3)CC2)cc1COc1cccc(Cl)c1. The van der Waals surface area contributed by atoms with E-state index in [0.717, 1.165) is 30.1 Å². The topological polar surface area (TPSA) is 51.2 Å². The van der Waals surface area contributed by atoms with Crippen LogP contribution in [0.1, 0.15) is 22.8 Å². The number of hydrogen-bond acceptors (Lipinski definition) is 5. The Morgan fingerprint density at radius 1 is 0.912 bits per heavy atom. The van der Waals surface area contributed by atoms with Crippen LogP contribution in [-0.2, 0) is 6.61 Å². The van der Waals surface area contributed by atoms with Gasteiger partial charge in [0.25, 0.3) is 5.91 Å². The van der Waals surface area contributed by atoms with Crippen molar-refractivity contribution in [3.05, 3.63) is 82.9 Å². The molecule has 6 nitrogen and oxygen atoms in total. The van der Waals surface area contributed by atoms with Crippen molar-refractivity contribution in [2.24, 2.45) is 0 Å². The van der Waals surface area contributed by atoms with Crippen molar-refractivity contribution < 1.29 is 19.0 Å². The van der Waals surface area contributed by atoms with Gasteiger partial charge in [-0.15, -0.1) is 0 Å². The molecule has 7 heteroatoms. The molecule has 0 N–H and O–H groups in total. The molecule has 1 heterocycles. The Bertz CT molecular complexity index is 1110. The zero-order valence-corrected chi connectivity index (χ0v) is 20.3. The first-order chi connectivity index (χ1) is 16.6. The summed E-state index contributed by atoms with van der Waals surface area (Å²) in [7, 11) is 1.66. The van der Waals surface area contributed by atoms with Crippen molar-refractivity contribution in [1.29, 1.82) is 0 Å². The van der Waals surface area contributed by atoms with Gasteiger partial charge in [-0.05, 0) is 67.6 Å². The van der Waals surface area contributed by atoms with Crippen molar-refractivity contribution in [3.8, 4) is 17.2 Å². The molecular weight excluding hydrogens is 452 g/mol. The van der Waals surface area contributed by atoms with E-state index in [2.05, 4.69) is 17.0 Å². The van der Waals surface area contributed by atoms with Gasteiger partial charge in [0.1, 0.15) is 23.9 Å². The molecular formula is C27H29ClN2O4. The van der Waals surface area contributed by atoms with E-state index in [-0.39, 0.29) is 12.5 Å². The van der Waals surface area contributed by atoms with Gasteiger partial charge in [0, 0.05) is 48.0 Å². The number of anilines is 1. The Balaban J connectivity index is 1.42. The summed E-state index contributed by atoms with van der Waals surface area (Å²) in [5.41, 5.74) is 2.59. The molecule has 1 aliphatic heterocycles. The number of hydrogen-bond donors (Lipinski definition) is 0. The van der Waals surface area contributed by atoms with E-state index in [4.69, 9.17) is 25.8 Å². The van der Waals surface area contributed by atoms with Crippen molar-refractivity contribution in [1.82, 2.24) is 4.90 Å². The lowest BCUT2D eigenvalue weighted by Crippen LogP contribution is -2.48. The second kappa shape index (κ2) is 11.2. The van der Waals surface area contributed by atoms with E-state index in [1.807, 2.05) is 54.3 Å². The van der Waals surface area contributed by atoms with Gasteiger partial charge in [-0.1, -0.05) is 17.7 Å². The quantitative estimate of drug-likeness (QED) is 0.438. The summed E-state index contributed by atoms with van der Waals surface area (Å²) < 4.78 is 16.9. The standard InChI is InChI=1S/C27H29ClN2O4/c1-3-33-26-12-7-20(17-21(26)19-34-25-6-4-5-22(28)18-25)27(31)30-15-13-29(14-16-30)23-8-10-24(32-2)11-9-23/h4-12,17-18H,3,13-16,19H2,1-2H3. The first-order valence-corrected chi connectivity index (χ1v) is 11.8. The predicted octanol–water partition coefficient (Wildman–Crippen LogP) is 5.29. The molecule has 3 aromatic carbocycles. The van der Waals surface area contributed by atoms with Crippen LogP contribution in [0.5, 0.6) is 17.2 Å². The number of ether oxygens (including phenoxy) is 3. The van der Waals surface area contributed by atoms with Crippen LogP contribution >= 0.6 is 11.6 Å². The monoisotopic (exact) mass is 480 g/mol. The van der Waals surface area contributed by atoms with E-state index < -0.39 is 0 Å². The molecule has 4 rings (SSSR count). The van der Waals surface area contributed by atoms with E-state index in [9.17, 15) is 4.79 Å². The molecule has 0 aromatic heterocycles. The highest BCUT2D eigenvalue weighted by Gasteiger charge is 2.23. The summed E-state index contributed by atoms with van der Waals surface area (Å²) in [6.45, 7) is 5.62. The third-order valence-electron chi connectivity index (χ3n) is 5.80. The molecule has 34 heavy (non-hydrogen) atoms. The smallest absolute Gasteiger partial charge is 0.253 e. The fourth-order valence-corrected chi connectivity index (χ4v) is 4.16. The molecule has 0 saturated carbocycles. The van der Waals surface area contributed by atoms with E-state index in [1.54, 1.807) is 19.2 Å². The maximum absolute atomic E-state index is 13.3. The molecule has 0 atom stereocenters. The van der Waals surface area contributed by atoms with Crippen LogP contribution in [0.15, 0.2) is 66.7 Å². The van der Waals surface area contributed by atoms with Crippen molar-refractivity contribution >= 4 is 23.2 Å². The van der Waals surface area contributed by atoms with Crippen molar-refractivity contribution in [2.45, 2.75) is 13.5 Å². The molecule has 0 radical (unpaired) electrons. The number of carbonyl (C=O) groups is 1. The van der Waals surface area contributed by atoms with E-state index in [0.29, 0.717) is 41.8 Å². The number of methoxy groups -OCH3 is 1. The molecule has 0 spiro atoms. The van der Waals surface area contributed by atoms with Gasteiger partial charge >= 0.3 is 0 Å². The molecule has 1 fully saturated rings. The van der Waals surface area contributed by atoms with Crippen LogP contribution in [0.4, 0.5) is 5.69 Å². The average molecular weight is 481 g/mol. The Kier molecular flexibility index (Phi) is 7.80. The highest BCUT2D eigenvalue weighted by atomic mass is 35.5. The summed E-state index contributed by atoms with van der Waals surface area (Å²) in [5.74, 6) is 2.23. The Labute approximate surface area is 205 Å². The van der Waals surface area contributed by atoms with Gasteiger partial charge in [-0.3, -0.25) is 4.79 Å². The minimum absolute atomic E-state index is 0.0152. The van der Waals surface area contributed by atoms with Crippen LogP contribution in [0, 0.1) is 0 Å². The van der Waals surface area contributed by atoms with Crippen LogP contribution in [0.2, 0.25) is 5.02 Å². The molecule has 3 aromatic rings. The highest BCUT2D eigenvalue weighted by Crippen LogP contribution is 2.26. The summed E-state index contributed by atoms with van der Waals surface area (Å²) in [6.07, 6.45) is 0. The Hall–Kier alpha value is -3.38. The lowest BCUT2D eigenvalue weighted by molar-refractivity contribution is 0.0746. The van der Waals surface area contributed by atoms with Gasteiger partial charge in [-0.2, -0.15) is 0 Å². The van der Waals surface area contributed by atoms with Crippen LogP contribution in [0.25, 0.3) is 0 Å². The second-order valence-corrected chi connectivity index (χ2v) is 8.42. The third-order valence-corrected chi connectivity index (χ3v) is 6.04. The summed E-state index contributed by atoms with van der Waals surface area (Å²) >= 11 is 6.06. The van der Waals surface area contributed by atoms with Gasteiger partial charge in [0.15, 0.2) is 0 Å². The molecule has 0 bridgehead atoms. The number of halogens is 1. The summed E-state index contributed by atoms with van der Waals surface area (Å²) in [5, 5.41) is 0.611. The first-order valence-electron chi connectivity index (χ1n) is 11.4. The van der Waals surface area contributed by atoms with Gasteiger partial charge in [-0.25, -0.2) is 0 Å². The number of benzene rings is 3. The van der Waals surface area contributed by atoms with Crippen LogP contribution in [0.3, 0.4) is 0 Å². The number of rotatable bonds is 8. The zero-order valence-electron chi connectivity index (χ0n) is 19.5. The van der Waals surface area contributed by atoms with Gasteiger partial charge in [0.2, 0.25) is 0 Å². The van der Waals surface area contributed by atoms with E-state index >= 15 is 0 Å². The molecule has 0 aliphatic carbocycles. The maximum Gasteiger partial charge on any atom is 0.253 e. The molecule has 178 valence electrons. The fraction of sp³-hybridized carbons (Fsp3) is 0.296. The van der Waals surface area contributed by atoms with Crippen LogP contribution < -0.4 is 19.1 Å². The third kappa shape index (κ3) is 5.75. The minimum Gasteiger partial charge on any atom is -0.497 e. The summed E-state index contributed by atoms with van der Waals surface area (Å²) in [6, 6.07) is 20.8. The largest absolute Gasteiger partial charge is 0.497 e. The molecule has 1 aliphatic rings. The Morgan fingerprint density at radius 2 is 1.68 bits per heavy atom. The fourth-order valence-electron chi connectivity index (χ4n) is 3.98. The van der Waals surface area contributed by atoms with Gasteiger partial charge in [0.05, 0.1) is 13.7 Å². The second-order valence-electron chi connectivity index (χ2n) is 7.98. The van der Waals surface area contributed by atoms with E-state index in [1.165, 1.54) is 0 Å². The highest BCUT2D eigenvalue weighted by molar-refractivity contribution is 6.30. The van der Waals surface area contributed by atoms with Crippen molar-refractivity contribution in [3.63, 3.8) is 0 Å². The number of carbonyl (C=O) groups excluding carboxylic acids is 1. The van der Waals surface area contributed by atoms with Crippen molar-refractivity contribution in [2.75, 3.05) is 44.8 Å². The maximum atomic E-state index is 13.3. The average Bonchev–Trinajstić information content (AvgIpc) is 2.88. The lowest BCUT2D eigenvalue weighted by atomic mass is 10.1. The number of amides is 1. The Morgan fingerprint density at radius 3 is 2.35 bits per heavy atom. The molecule has 1 saturated heterocycles. The molecule has 1 amide bonds. The zero-order chi connectivity index (χ0) is 23.9. The predicted molar refractivity (Wildman–Crippen MR) is 135 cm³/mol. The van der Waals surface area contributed by atoms with Crippen LogP contribution in [-0.4, -0.2) is 50.7 Å². The molecule has 0 unspecified atom stereocenters. The normalized spacial score (nSPS) is 13.5. The number of nitrogens with zero attached hydrogens (tertiary/aromatic N) is 2. The summed E-state index contributed by atoms with van der Waals surface area (Å²) in [4.78, 5) is 17.4. The van der Waals surface area contributed by atoms with Gasteiger partial charge < -0.3 is 24.0 Å². The minimum atomic E-state index is 0.0152. The lowest BCUT2D eigenvalue weighted by Gasteiger charge is -2.36. The number of piperazine rings is 1.